The molecule has 1 fully saturated rings. The zero-order chi connectivity index (χ0) is 11.6. The van der Waals surface area contributed by atoms with Crippen LogP contribution in [0.3, 0.4) is 0 Å². The number of amides is 1. The van der Waals surface area contributed by atoms with Gasteiger partial charge in [0.1, 0.15) is 0 Å². The minimum atomic E-state index is -4.38. The Bertz CT molecular complexity index is 245. The van der Waals surface area contributed by atoms with Crippen LogP contribution in [0.1, 0.15) is 6.42 Å². The summed E-state index contributed by atoms with van der Waals surface area (Å²) >= 11 is 0. The number of alkyl halides is 3. The van der Waals surface area contributed by atoms with Crippen LogP contribution in [0.25, 0.3) is 0 Å². The third-order valence-corrected chi connectivity index (χ3v) is 2.75. The summed E-state index contributed by atoms with van der Waals surface area (Å²) in [7, 11) is 0. The maximum atomic E-state index is 12.5. The third-order valence-electron chi connectivity index (χ3n) is 2.75. The van der Waals surface area contributed by atoms with Crippen molar-refractivity contribution in [2.45, 2.75) is 12.6 Å². The van der Waals surface area contributed by atoms with Crippen molar-refractivity contribution in [1.29, 1.82) is 0 Å². The monoisotopic (exact) mass is 226 g/mol. The Morgan fingerprint density at radius 2 is 2.13 bits per heavy atom. The van der Waals surface area contributed by atoms with Crippen LogP contribution in [-0.2, 0) is 0 Å². The van der Waals surface area contributed by atoms with Gasteiger partial charge in [0.25, 0.3) is 0 Å². The first kappa shape index (κ1) is 12.1. The number of rotatable bonds is 1. The van der Waals surface area contributed by atoms with Crippen LogP contribution in [0, 0.1) is 11.8 Å². The number of halogens is 3. The minimum absolute atomic E-state index is 0.0579. The van der Waals surface area contributed by atoms with Crippen molar-refractivity contribution in [1.82, 2.24) is 4.90 Å². The molecule has 1 saturated heterocycles. The molecule has 0 aromatic heterocycles. The van der Waals surface area contributed by atoms with E-state index in [1.54, 1.807) is 0 Å². The molecule has 0 aliphatic carbocycles. The van der Waals surface area contributed by atoms with Crippen LogP contribution in [0.15, 0.2) is 0 Å². The third kappa shape index (κ3) is 2.74. The van der Waals surface area contributed by atoms with Crippen molar-refractivity contribution in [3.63, 3.8) is 0 Å². The van der Waals surface area contributed by atoms with Gasteiger partial charge in [-0.25, -0.2) is 4.79 Å². The van der Waals surface area contributed by atoms with Gasteiger partial charge in [0, 0.05) is 13.1 Å². The molecular weight excluding hydrogens is 213 g/mol. The standard InChI is InChI=1S/C8H13F3N2O2/c9-8(10,11)6-4-13(7(14)15)2-1-5(6)3-12/h5-6H,1-4,12H2,(H,14,15). The van der Waals surface area contributed by atoms with Crippen molar-refractivity contribution >= 4 is 6.09 Å². The van der Waals surface area contributed by atoms with E-state index in [-0.39, 0.29) is 19.5 Å². The maximum absolute atomic E-state index is 12.5. The van der Waals surface area contributed by atoms with Crippen LogP contribution < -0.4 is 5.73 Å². The predicted octanol–water partition coefficient (Wildman–Crippen LogP) is 1.12. The number of hydrogen-bond donors (Lipinski definition) is 2. The van der Waals surface area contributed by atoms with E-state index in [4.69, 9.17) is 10.8 Å². The van der Waals surface area contributed by atoms with E-state index in [0.717, 1.165) is 4.90 Å². The van der Waals surface area contributed by atoms with E-state index in [2.05, 4.69) is 0 Å². The minimum Gasteiger partial charge on any atom is -0.465 e. The molecule has 1 heterocycles. The van der Waals surface area contributed by atoms with Gasteiger partial charge in [0.2, 0.25) is 0 Å². The maximum Gasteiger partial charge on any atom is 0.407 e. The summed E-state index contributed by atoms with van der Waals surface area (Å²) in [6.07, 6.45) is -5.51. The summed E-state index contributed by atoms with van der Waals surface area (Å²) < 4.78 is 37.6. The molecule has 1 aliphatic rings. The molecule has 2 atom stereocenters. The number of carboxylic acid groups (broad SMARTS) is 1. The first-order valence-electron chi connectivity index (χ1n) is 4.61. The molecule has 0 radical (unpaired) electrons. The van der Waals surface area contributed by atoms with Crippen LogP contribution in [0.5, 0.6) is 0 Å². The van der Waals surface area contributed by atoms with E-state index >= 15 is 0 Å². The molecule has 1 amide bonds. The van der Waals surface area contributed by atoms with Crippen LogP contribution in [-0.4, -0.2) is 41.9 Å². The second-order valence-electron chi connectivity index (χ2n) is 3.66. The highest BCUT2D eigenvalue weighted by Crippen LogP contribution is 2.36. The molecule has 0 aromatic rings. The Kier molecular flexibility index (Phi) is 3.43. The summed E-state index contributed by atoms with van der Waals surface area (Å²) in [5, 5.41) is 8.61. The highest BCUT2D eigenvalue weighted by molar-refractivity contribution is 5.65. The predicted molar refractivity (Wildman–Crippen MR) is 46.3 cm³/mol. The Labute approximate surface area is 84.8 Å². The number of nitrogens with zero attached hydrogens (tertiary/aromatic N) is 1. The highest BCUT2D eigenvalue weighted by atomic mass is 19.4. The Morgan fingerprint density at radius 1 is 1.53 bits per heavy atom. The average Bonchev–Trinajstić information content (AvgIpc) is 2.15. The van der Waals surface area contributed by atoms with Crippen molar-refractivity contribution in [2.75, 3.05) is 19.6 Å². The molecular formula is C8H13F3N2O2. The van der Waals surface area contributed by atoms with Gasteiger partial charge in [-0.3, -0.25) is 0 Å². The molecule has 7 heteroatoms. The molecule has 15 heavy (non-hydrogen) atoms. The SMILES string of the molecule is NCC1CCN(C(=O)O)CC1C(F)(F)F. The lowest BCUT2D eigenvalue weighted by molar-refractivity contribution is -0.198. The van der Waals surface area contributed by atoms with Gasteiger partial charge in [0.05, 0.1) is 5.92 Å². The van der Waals surface area contributed by atoms with Gasteiger partial charge in [-0.05, 0) is 18.9 Å². The van der Waals surface area contributed by atoms with Crippen molar-refractivity contribution in [3.8, 4) is 0 Å². The first-order chi connectivity index (χ1) is 6.86. The average molecular weight is 226 g/mol. The van der Waals surface area contributed by atoms with Crippen LogP contribution >= 0.6 is 0 Å². The van der Waals surface area contributed by atoms with Gasteiger partial charge in [-0.1, -0.05) is 0 Å². The van der Waals surface area contributed by atoms with Crippen LogP contribution in [0.2, 0.25) is 0 Å². The fraction of sp³-hybridized carbons (Fsp3) is 0.875. The van der Waals surface area contributed by atoms with Gasteiger partial charge >= 0.3 is 12.3 Å². The largest absolute Gasteiger partial charge is 0.465 e. The molecule has 88 valence electrons. The molecule has 3 N–H and O–H groups in total. The van der Waals surface area contributed by atoms with E-state index in [9.17, 15) is 18.0 Å². The Balaban J connectivity index is 2.74. The van der Waals surface area contributed by atoms with Gasteiger partial charge in [-0.2, -0.15) is 13.2 Å². The number of nitrogens with two attached hydrogens (primary N) is 1. The zero-order valence-electron chi connectivity index (χ0n) is 8.00. The van der Waals surface area contributed by atoms with Gasteiger partial charge < -0.3 is 15.7 Å². The fourth-order valence-corrected chi connectivity index (χ4v) is 1.83. The van der Waals surface area contributed by atoms with Crippen LogP contribution in [0.4, 0.5) is 18.0 Å². The first-order valence-corrected chi connectivity index (χ1v) is 4.61. The zero-order valence-corrected chi connectivity index (χ0v) is 8.00. The van der Waals surface area contributed by atoms with E-state index < -0.39 is 30.7 Å². The lowest BCUT2D eigenvalue weighted by Gasteiger charge is -2.37. The molecule has 1 aliphatic heterocycles. The topological polar surface area (TPSA) is 66.6 Å². The van der Waals surface area contributed by atoms with E-state index in [1.165, 1.54) is 0 Å². The number of carbonyl (C=O) groups is 1. The van der Waals surface area contributed by atoms with E-state index in [0.29, 0.717) is 0 Å². The lowest BCUT2D eigenvalue weighted by atomic mass is 9.85. The summed E-state index contributed by atoms with van der Waals surface area (Å²) in [6.45, 7) is -0.428. The second-order valence-corrected chi connectivity index (χ2v) is 3.66. The normalized spacial score (nSPS) is 27.9. The number of hydrogen-bond acceptors (Lipinski definition) is 2. The van der Waals surface area contributed by atoms with Crippen molar-refractivity contribution in [2.24, 2.45) is 17.6 Å². The van der Waals surface area contributed by atoms with Gasteiger partial charge in [0.15, 0.2) is 0 Å². The lowest BCUT2D eigenvalue weighted by Crippen LogP contribution is -2.50. The second kappa shape index (κ2) is 4.26. The summed E-state index contributed by atoms with van der Waals surface area (Å²) in [4.78, 5) is 11.3. The summed E-state index contributed by atoms with van der Waals surface area (Å²) in [6, 6.07) is 0. The Morgan fingerprint density at radius 3 is 2.53 bits per heavy atom. The van der Waals surface area contributed by atoms with E-state index in [1.807, 2.05) is 0 Å². The molecule has 0 bridgehead atoms. The highest BCUT2D eigenvalue weighted by Gasteiger charge is 2.47. The molecule has 4 nitrogen and oxygen atoms in total. The molecule has 0 spiro atoms. The van der Waals surface area contributed by atoms with Gasteiger partial charge in [-0.15, -0.1) is 0 Å². The smallest absolute Gasteiger partial charge is 0.407 e. The van der Waals surface area contributed by atoms with Crippen molar-refractivity contribution < 1.29 is 23.1 Å². The molecule has 1 rings (SSSR count). The van der Waals surface area contributed by atoms with Crippen molar-refractivity contribution in [3.05, 3.63) is 0 Å². The fourth-order valence-electron chi connectivity index (χ4n) is 1.83. The molecule has 0 saturated carbocycles. The quantitative estimate of drug-likeness (QED) is 0.704. The summed E-state index contributed by atoms with van der Waals surface area (Å²) in [5.74, 6) is -2.30. The summed E-state index contributed by atoms with van der Waals surface area (Å²) in [5.41, 5.74) is 5.25. The number of likely N-dealkylation sites (tertiary alicyclic amines) is 1. The molecule has 0 aromatic carbocycles. The number of piperidine rings is 1. The molecule has 2 unspecified atom stereocenters. The Hall–Kier alpha value is -0.980.